The Labute approximate surface area is 190 Å². The third kappa shape index (κ3) is 8.48. The Kier molecular flexibility index (Phi) is 10.8. The first-order valence-electron chi connectivity index (χ1n) is 9.26. The molecule has 29 heavy (non-hydrogen) atoms. The van der Waals surface area contributed by atoms with Gasteiger partial charge in [-0.15, -0.1) is 11.6 Å². The summed E-state index contributed by atoms with van der Waals surface area (Å²) < 4.78 is 11.2. The number of rotatable bonds is 12. The van der Waals surface area contributed by atoms with E-state index in [0.717, 1.165) is 21.1 Å². The molecule has 2 rings (SSSR count). The van der Waals surface area contributed by atoms with Gasteiger partial charge in [-0.1, -0.05) is 30.3 Å². The van der Waals surface area contributed by atoms with Gasteiger partial charge in [0, 0.05) is 15.5 Å². The van der Waals surface area contributed by atoms with E-state index in [9.17, 15) is 10.2 Å². The Morgan fingerprint density at radius 3 is 2.31 bits per heavy atom. The maximum absolute atomic E-state index is 9.95. The van der Waals surface area contributed by atoms with E-state index in [-0.39, 0.29) is 19.1 Å². The first-order valence-corrected chi connectivity index (χ1v) is 12.1. The van der Waals surface area contributed by atoms with Gasteiger partial charge in [0.1, 0.15) is 30.8 Å². The summed E-state index contributed by atoms with van der Waals surface area (Å²) >= 11 is 15.2. The molecule has 0 aromatic heterocycles. The summed E-state index contributed by atoms with van der Waals surface area (Å²) in [6.07, 6.45) is -1.20. The molecule has 0 radical (unpaired) electrons. The summed E-state index contributed by atoms with van der Waals surface area (Å²) in [6.45, 7) is 4.39. The SMILES string of the molecule is CCSCC(O)COc1c(C)cc(Sc2ccc(OCC(O)CCl)cc2)cc1Cl. The lowest BCUT2D eigenvalue weighted by Gasteiger charge is -2.16. The molecule has 0 saturated carbocycles. The highest BCUT2D eigenvalue weighted by Crippen LogP contribution is 2.37. The van der Waals surface area contributed by atoms with E-state index in [2.05, 4.69) is 6.92 Å². The van der Waals surface area contributed by atoms with Crippen LogP contribution < -0.4 is 9.47 Å². The number of thioether (sulfide) groups is 1. The highest BCUT2D eigenvalue weighted by Gasteiger charge is 2.12. The van der Waals surface area contributed by atoms with Gasteiger partial charge >= 0.3 is 0 Å². The van der Waals surface area contributed by atoms with Crippen molar-refractivity contribution in [2.75, 3.05) is 30.6 Å². The van der Waals surface area contributed by atoms with E-state index in [4.69, 9.17) is 32.7 Å². The zero-order chi connectivity index (χ0) is 21.2. The molecule has 0 bridgehead atoms. The van der Waals surface area contributed by atoms with Gasteiger partial charge < -0.3 is 19.7 Å². The second kappa shape index (κ2) is 12.8. The van der Waals surface area contributed by atoms with Crippen LogP contribution in [0.5, 0.6) is 11.5 Å². The third-order valence-corrected chi connectivity index (χ3v) is 6.46. The molecule has 2 aromatic carbocycles. The van der Waals surface area contributed by atoms with Crippen LogP contribution in [-0.4, -0.2) is 53.0 Å². The van der Waals surface area contributed by atoms with E-state index >= 15 is 0 Å². The van der Waals surface area contributed by atoms with Crippen molar-refractivity contribution in [2.45, 2.75) is 35.8 Å². The van der Waals surface area contributed by atoms with E-state index in [1.54, 1.807) is 23.5 Å². The number of halogens is 2. The van der Waals surface area contributed by atoms with Crippen LogP contribution in [-0.2, 0) is 0 Å². The molecule has 8 heteroatoms. The Morgan fingerprint density at radius 1 is 1.00 bits per heavy atom. The second-order valence-electron chi connectivity index (χ2n) is 6.37. The number of alkyl halides is 1. The van der Waals surface area contributed by atoms with Crippen molar-refractivity contribution in [1.82, 2.24) is 0 Å². The molecule has 0 fully saturated rings. The molecule has 2 unspecified atom stereocenters. The van der Waals surface area contributed by atoms with Crippen molar-refractivity contribution in [1.29, 1.82) is 0 Å². The lowest BCUT2D eigenvalue weighted by molar-refractivity contribution is 0.125. The predicted octanol–water partition coefficient (Wildman–Crippen LogP) is 5.27. The Hall–Kier alpha value is -0.760. The number of hydrogen-bond acceptors (Lipinski definition) is 6. The van der Waals surface area contributed by atoms with E-state index < -0.39 is 12.2 Å². The van der Waals surface area contributed by atoms with Crippen LogP contribution in [0.25, 0.3) is 0 Å². The molecule has 0 saturated heterocycles. The molecule has 0 heterocycles. The van der Waals surface area contributed by atoms with Crippen LogP contribution in [0.3, 0.4) is 0 Å². The molecule has 2 aromatic rings. The number of aryl methyl sites for hydroxylation is 1. The Morgan fingerprint density at radius 2 is 1.69 bits per heavy atom. The van der Waals surface area contributed by atoms with Gasteiger partial charge in [0.05, 0.1) is 17.0 Å². The zero-order valence-corrected chi connectivity index (χ0v) is 19.6. The van der Waals surface area contributed by atoms with E-state index in [0.29, 0.717) is 22.3 Å². The molecule has 0 amide bonds. The van der Waals surface area contributed by atoms with Crippen LogP contribution in [0.15, 0.2) is 46.2 Å². The first kappa shape index (κ1) is 24.5. The summed E-state index contributed by atoms with van der Waals surface area (Å²) in [5.74, 6) is 3.04. The summed E-state index contributed by atoms with van der Waals surface area (Å²) in [5.41, 5.74) is 0.922. The topological polar surface area (TPSA) is 58.9 Å². The lowest BCUT2D eigenvalue weighted by Crippen LogP contribution is -2.20. The van der Waals surface area contributed by atoms with Gasteiger partial charge in [-0.3, -0.25) is 0 Å². The van der Waals surface area contributed by atoms with Gasteiger partial charge in [0.2, 0.25) is 0 Å². The molecule has 0 aliphatic carbocycles. The van der Waals surface area contributed by atoms with Crippen LogP contribution in [0.2, 0.25) is 5.02 Å². The second-order valence-corrected chi connectivity index (χ2v) is 9.55. The Balaban J connectivity index is 1.96. The molecule has 0 spiro atoms. The predicted molar refractivity (Wildman–Crippen MR) is 123 cm³/mol. The summed E-state index contributed by atoms with van der Waals surface area (Å²) in [5, 5.41) is 19.9. The van der Waals surface area contributed by atoms with Crippen molar-refractivity contribution < 1.29 is 19.7 Å². The van der Waals surface area contributed by atoms with Crippen molar-refractivity contribution in [3.8, 4) is 11.5 Å². The minimum Gasteiger partial charge on any atom is -0.491 e. The average molecular weight is 477 g/mol. The molecule has 0 aliphatic rings. The normalized spacial score (nSPS) is 13.2. The fourth-order valence-electron chi connectivity index (χ4n) is 2.40. The van der Waals surface area contributed by atoms with E-state index in [1.807, 2.05) is 43.3 Å². The van der Waals surface area contributed by atoms with Crippen LogP contribution in [0.1, 0.15) is 12.5 Å². The van der Waals surface area contributed by atoms with Gasteiger partial charge in [0.25, 0.3) is 0 Å². The summed E-state index contributed by atoms with van der Waals surface area (Å²) in [4.78, 5) is 2.03. The largest absolute Gasteiger partial charge is 0.491 e. The highest BCUT2D eigenvalue weighted by atomic mass is 35.5. The molecular formula is C21H26Cl2O4S2. The first-order chi connectivity index (χ1) is 13.9. The van der Waals surface area contributed by atoms with Gasteiger partial charge in [-0.25, -0.2) is 0 Å². The van der Waals surface area contributed by atoms with Crippen molar-refractivity contribution in [2.24, 2.45) is 0 Å². The lowest BCUT2D eigenvalue weighted by atomic mass is 10.2. The maximum atomic E-state index is 9.95. The number of benzene rings is 2. The molecule has 2 atom stereocenters. The molecule has 2 N–H and O–H groups in total. The smallest absolute Gasteiger partial charge is 0.141 e. The monoisotopic (exact) mass is 476 g/mol. The number of hydrogen-bond donors (Lipinski definition) is 2. The van der Waals surface area contributed by atoms with Gasteiger partial charge in [-0.2, -0.15) is 11.8 Å². The number of aliphatic hydroxyl groups excluding tert-OH is 2. The fourth-order valence-corrected chi connectivity index (χ4v) is 4.44. The van der Waals surface area contributed by atoms with Crippen LogP contribution in [0, 0.1) is 6.92 Å². The molecule has 0 aliphatic heterocycles. The van der Waals surface area contributed by atoms with Crippen LogP contribution >= 0.6 is 46.7 Å². The zero-order valence-electron chi connectivity index (χ0n) is 16.4. The Bertz CT molecular complexity index is 736. The van der Waals surface area contributed by atoms with Crippen LogP contribution in [0.4, 0.5) is 0 Å². The molecule has 4 nitrogen and oxygen atoms in total. The quantitative estimate of drug-likeness (QED) is 0.406. The standard InChI is InChI=1S/C21H26Cl2O4S2/c1-3-28-13-16(25)12-27-21-14(2)8-19(9-20(21)23)29-18-6-4-17(5-7-18)26-11-15(24)10-22/h4-9,15-16,24-25H,3,10-13H2,1-2H3. The fraction of sp³-hybridized carbons (Fsp3) is 0.429. The molecule has 160 valence electrons. The van der Waals surface area contributed by atoms with Crippen molar-refractivity contribution in [3.05, 3.63) is 47.0 Å². The highest BCUT2D eigenvalue weighted by molar-refractivity contribution is 7.99. The maximum Gasteiger partial charge on any atom is 0.141 e. The number of ether oxygens (including phenoxy) is 2. The minimum absolute atomic E-state index is 0.143. The minimum atomic E-state index is -0.678. The third-order valence-electron chi connectivity index (χ3n) is 3.82. The molecular weight excluding hydrogens is 451 g/mol. The average Bonchev–Trinajstić information content (AvgIpc) is 2.70. The summed E-state index contributed by atoms with van der Waals surface area (Å²) in [6, 6.07) is 11.5. The van der Waals surface area contributed by atoms with Crippen molar-refractivity contribution >= 4 is 46.7 Å². The van der Waals surface area contributed by atoms with Gasteiger partial charge in [-0.05, 0) is 54.6 Å². The van der Waals surface area contributed by atoms with E-state index in [1.165, 1.54) is 0 Å². The number of aliphatic hydroxyl groups is 2. The van der Waals surface area contributed by atoms with Crippen molar-refractivity contribution in [3.63, 3.8) is 0 Å². The van der Waals surface area contributed by atoms with Gasteiger partial charge in [0.15, 0.2) is 0 Å². The summed E-state index contributed by atoms with van der Waals surface area (Å²) in [7, 11) is 0.